The van der Waals surface area contributed by atoms with Crippen LogP contribution in [0.15, 0.2) is 29.2 Å². The summed E-state index contributed by atoms with van der Waals surface area (Å²) < 4.78 is 0. The third kappa shape index (κ3) is 3.16. The maximum absolute atomic E-state index is 10.9. The predicted molar refractivity (Wildman–Crippen MR) is 63.6 cm³/mol. The van der Waals surface area contributed by atoms with Crippen molar-refractivity contribution in [1.82, 2.24) is 0 Å². The molecule has 3 nitrogen and oxygen atoms in total. The van der Waals surface area contributed by atoms with Crippen LogP contribution in [0.4, 0.5) is 5.69 Å². The Balaban J connectivity index is 2.82. The molecule has 0 unspecified atom stereocenters. The second-order valence-corrected chi connectivity index (χ2v) is 3.99. The lowest BCUT2D eigenvalue weighted by Gasteiger charge is -2.15. The summed E-state index contributed by atoms with van der Waals surface area (Å²) in [6.07, 6.45) is 2.54. The van der Waals surface area contributed by atoms with Crippen molar-refractivity contribution in [3.63, 3.8) is 0 Å². The molecule has 0 bridgehead atoms. The molecule has 1 rings (SSSR count). The lowest BCUT2D eigenvalue weighted by Crippen LogP contribution is -2.28. The highest BCUT2D eigenvalue weighted by Crippen LogP contribution is 2.25. The minimum Gasteiger partial charge on any atom is -0.480 e. The number of rotatable bonds is 5. The maximum atomic E-state index is 10.9. The SMILES string of the molecule is CC[C@@H](Nc1ccccc1SC)C(=O)O. The summed E-state index contributed by atoms with van der Waals surface area (Å²) in [6, 6.07) is 7.20. The second kappa shape index (κ2) is 5.66. The number of para-hydroxylation sites is 1. The van der Waals surface area contributed by atoms with Crippen molar-refractivity contribution in [3.8, 4) is 0 Å². The summed E-state index contributed by atoms with van der Waals surface area (Å²) in [4.78, 5) is 11.9. The highest BCUT2D eigenvalue weighted by molar-refractivity contribution is 7.98. The van der Waals surface area contributed by atoms with E-state index in [9.17, 15) is 4.79 Å². The van der Waals surface area contributed by atoms with Gasteiger partial charge in [-0.2, -0.15) is 0 Å². The average Bonchev–Trinajstić information content (AvgIpc) is 2.25. The van der Waals surface area contributed by atoms with Gasteiger partial charge in [-0.15, -0.1) is 11.8 Å². The highest BCUT2D eigenvalue weighted by Gasteiger charge is 2.15. The number of thioether (sulfide) groups is 1. The standard InChI is InChI=1S/C11H15NO2S/c1-3-8(11(13)14)12-9-6-4-5-7-10(9)15-2/h4-8,12H,3H2,1-2H3,(H,13,14)/t8-/m1/s1. The van der Waals surface area contributed by atoms with Crippen LogP contribution in [0.25, 0.3) is 0 Å². The van der Waals surface area contributed by atoms with Gasteiger partial charge in [-0.3, -0.25) is 0 Å². The Morgan fingerprint density at radius 1 is 1.53 bits per heavy atom. The molecule has 2 N–H and O–H groups in total. The van der Waals surface area contributed by atoms with E-state index in [0.717, 1.165) is 10.6 Å². The fourth-order valence-electron chi connectivity index (χ4n) is 1.29. The fraction of sp³-hybridized carbons (Fsp3) is 0.364. The number of carbonyl (C=O) groups is 1. The van der Waals surface area contributed by atoms with Crippen molar-refractivity contribution in [2.45, 2.75) is 24.3 Å². The van der Waals surface area contributed by atoms with Crippen molar-refractivity contribution >= 4 is 23.4 Å². The third-order valence-corrected chi connectivity index (χ3v) is 2.94. The quantitative estimate of drug-likeness (QED) is 0.756. The number of hydrogen-bond acceptors (Lipinski definition) is 3. The van der Waals surface area contributed by atoms with Crippen LogP contribution < -0.4 is 5.32 Å². The van der Waals surface area contributed by atoms with Gasteiger partial charge in [-0.1, -0.05) is 19.1 Å². The molecule has 0 aliphatic carbocycles. The molecule has 1 atom stereocenters. The van der Waals surface area contributed by atoms with Gasteiger partial charge < -0.3 is 10.4 Å². The Morgan fingerprint density at radius 3 is 2.73 bits per heavy atom. The molecule has 82 valence electrons. The number of hydrogen-bond donors (Lipinski definition) is 2. The largest absolute Gasteiger partial charge is 0.480 e. The molecular formula is C11H15NO2S. The van der Waals surface area contributed by atoms with Crippen LogP contribution >= 0.6 is 11.8 Å². The van der Waals surface area contributed by atoms with Crippen LogP contribution in [0, 0.1) is 0 Å². The minimum absolute atomic E-state index is 0.515. The molecule has 0 fully saturated rings. The van der Waals surface area contributed by atoms with Crippen LogP contribution in [0.2, 0.25) is 0 Å². The summed E-state index contributed by atoms with van der Waals surface area (Å²) in [7, 11) is 0. The lowest BCUT2D eigenvalue weighted by atomic mass is 10.2. The summed E-state index contributed by atoms with van der Waals surface area (Å²) in [5.74, 6) is -0.812. The van der Waals surface area contributed by atoms with E-state index >= 15 is 0 Å². The Bertz CT molecular complexity index is 341. The summed E-state index contributed by atoms with van der Waals surface area (Å²) in [5.41, 5.74) is 0.888. The second-order valence-electron chi connectivity index (χ2n) is 3.14. The highest BCUT2D eigenvalue weighted by atomic mass is 32.2. The van der Waals surface area contributed by atoms with Gasteiger partial charge in [0.2, 0.25) is 0 Å². The Kier molecular flexibility index (Phi) is 4.49. The molecule has 0 heterocycles. The van der Waals surface area contributed by atoms with E-state index in [4.69, 9.17) is 5.11 Å². The summed E-state index contributed by atoms with van der Waals surface area (Å²) in [6.45, 7) is 1.85. The van der Waals surface area contributed by atoms with Gasteiger partial charge >= 0.3 is 5.97 Å². The lowest BCUT2D eigenvalue weighted by molar-refractivity contribution is -0.137. The van der Waals surface area contributed by atoms with Gasteiger partial charge in [0.25, 0.3) is 0 Å². The van der Waals surface area contributed by atoms with E-state index in [1.54, 1.807) is 11.8 Å². The molecule has 1 aromatic carbocycles. The van der Waals surface area contributed by atoms with E-state index in [1.807, 2.05) is 37.4 Å². The van der Waals surface area contributed by atoms with Gasteiger partial charge in [0.05, 0.1) is 0 Å². The molecule has 0 saturated carbocycles. The number of carboxylic acids is 1. The van der Waals surface area contributed by atoms with E-state index in [0.29, 0.717) is 6.42 Å². The molecule has 15 heavy (non-hydrogen) atoms. The average molecular weight is 225 g/mol. The van der Waals surface area contributed by atoms with E-state index < -0.39 is 12.0 Å². The smallest absolute Gasteiger partial charge is 0.326 e. The molecule has 0 aliphatic rings. The molecule has 4 heteroatoms. The number of anilines is 1. The molecular weight excluding hydrogens is 210 g/mol. The topological polar surface area (TPSA) is 49.3 Å². The number of benzene rings is 1. The molecule has 0 aromatic heterocycles. The van der Waals surface area contributed by atoms with Crippen LogP contribution in [0.5, 0.6) is 0 Å². The fourth-order valence-corrected chi connectivity index (χ4v) is 1.85. The molecule has 0 spiro atoms. The molecule has 0 aliphatic heterocycles. The molecule has 0 amide bonds. The summed E-state index contributed by atoms with van der Waals surface area (Å²) in [5, 5.41) is 12.0. The van der Waals surface area contributed by atoms with Crippen molar-refractivity contribution in [2.75, 3.05) is 11.6 Å². The van der Waals surface area contributed by atoms with E-state index in [1.165, 1.54) is 0 Å². The van der Waals surface area contributed by atoms with Gasteiger partial charge in [0.1, 0.15) is 6.04 Å². The van der Waals surface area contributed by atoms with Crippen LogP contribution in [0.3, 0.4) is 0 Å². The van der Waals surface area contributed by atoms with Crippen LogP contribution in [0.1, 0.15) is 13.3 Å². The van der Waals surface area contributed by atoms with Gasteiger partial charge in [-0.25, -0.2) is 4.79 Å². The van der Waals surface area contributed by atoms with Crippen LogP contribution in [-0.2, 0) is 4.79 Å². The molecule has 0 saturated heterocycles. The van der Waals surface area contributed by atoms with Crippen molar-refractivity contribution in [1.29, 1.82) is 0 Å². The predicted octanol–water partition coefficient (Wildman–Crippen LogP) is 2.68. The van der Waals surface area contributed by atoms with Crippen molar-refractivity contribution in [2.24, 2.45) is 0 Å². The zero-order valence-electron chi connectivity index (χ0n) is 8.86. The van der Waals surface area contributed by atoms with Crippen molar-refractivity contribution in [3.05, 3.63) is 24.3 Å². The molecule has 1 aromatic rings. The van der Waals surface area contributed by atoms with Gasteiger partial charge in [0, 0.05) is 10.6 Å². The number of nitrogens with one attached hydrogen (secondary N) is 1. The normalized spacial score (nSPS) is 12.1. The molecule has 0 radical (unpaired) electrons. The maximum Gasteiger partial charge on any atom is 0.326 e. The third-order valence-electron chi connectivity index (χ3n) is 2.14. The van der Waals surface area contributed by atoms with Gasteiger partial charge in [0.15, 0.2) is 0 Å². The van der Waals surface area contributed by atoms with E-state index in [2.05, 4.69) is 5.32 Å². The first-order valence-corrected chi connectivity index (χ1v) is 6.03. The Morgan fingerprint density at radius 2 is 2.20 bits per heavy atom. The van der Waals surface area contributed by atoms with Gasteiger partial charge in [-0.05, 0) is 24.8 Å². The first-order chi connectivity index (χ1) is 7.19. The minimum atomic E-state index is -0.812. The first kappa shape index (κ1) is 11.9. The Hall–Kier alpha value is -1.16. The number of aliphatic carboxylic acids is 1. The van der Waals surface area contributed by atoms with Crippen molar-refractivity contribution < 1.29 is 9.90 Å². The Labute approximate surface area is 93.9 Å². The summed E-state index contributed by atoms with van der Waals surface area (Å²) >= 11 is 1.60. The van der Waals surface area contributed by atoms with E-state index in [-0.39, 0.29) is 0 Å². The number of carboxylic acid groups (broad SMARTS) is 1. The van der Waals surface area contributed by atoms with Crippen LogP contribution in [-0.4, -0.2) is 23.4 Å². The first-order valence-electron chi connectivity index (χ1n) is 4.81. The zero-order valence-corrected chi connectivity index (χ0v) is 9.67. The zero-order chi connectivity index (χ0) is 11.3. The monoisotopic (exact) mass is 225 g/mol.